The number of para-hydroxylation sites is 1. The Morgan fingerprint density at radius 3 is 2.51 bits per heavy atom. The maximum absolute atomic E-state index is 14.7. The number of halogens is 1. The molecule has 3 aliphatic rings. The summed E-state index contributed by atoms with van der Waals surface area (Å²) in [5.41, 5.74) is 7.39. The molecule has 3 unspecified atom stereocenters. The Labute approximate surface area is 295 Å². The third kappa shape index (κ3) is 6.95. The number of hydrogen-bond donors (Lipinski definition) is 2. The van der Waals surface area contributed by atoms with Crippen LogP contribution in [0.5, 0.6) is 11.5 Å². The second-order valence-electron chi connectivity index (χ2n) is 13.4. The molecule has 3 aromatic carbocycles. The first kappa shape index (κ1) is 34.6. The van der Waals surface area contributed by atoms with E-state index in [1.165, 1.54) is 47.4 Å². The lowest BCUT2D eigenvalue weighted by molar-refractivity contribution is -0.128. The van der Waals surface area contributed by atoms with Crippen molar-refractivity contribution in [3.63, 3.8) is 0 Å². The maximum Gasteiger partial charge on any atom is 0.341 e. The zero-order chi connectivity index (χ0) is 35.7. The smallest absolute Gasteiger partial charge is 0.341 e. The molecule has 7 rings (SSSR count). The van der Waals surface area contributed by atoms with Crippen LogP contribution in [0.3, 0.4) is 0 Å². The maximum atomic E-state index is 14.7. The van der Waals surface area contributed by atoms with E-state index in [-0.39, 0.29) is 59.8 Å². The number of urea groups is 1. The van der Waals surface area contributed by atoms with Crippen molar-refractivity contribution in [2.45, 2.75) is 43.0 Å². The minimum Gasteiger partial charge on any atom is -0.457 e. The Morgan fingerprint density at radius 1 is 1.00 bits per heavy atom. The van der Waals surface area contributed by atoms with Crippen molar-refractivity contribution in [3.05, 3.63) is 89.9 Å². The first-order valence-corrected chi connectivity index (χ1v) is 18.7. The van der Waals surface area contributed by atoms with Gasteiger partial charge in [0.1, 0.15) is 23.4 Å². The molecule has 14 heteroatoms. The summed E-state index contributed by atoms with van der Waals surface area (Å²) < 4.78 is 55.0. The molecule has 2 saturated heterocycles. The van der Waals surface area contributed by atoms with Gasteiger partial charge >= 0.3 is 6.03 Å². The molecule has 1 aliphatic carbocycles. The van der Waals surface area contributed by atoms with Crippen molar-refractivity contribution >= 4 is 38.8 Å². The van der Waals surface area contributed by atoms with Crippen molar-refractivity contribution in [1.29, 1.82) is 0 Å². The molecule has 268 valence electrons. The number of hydrogen-bond acceptors (Lipinski definition) is 8. The van der Waals surface area contributed by atoms with Gasteiger partial charge in [0, 0.05) is 43.2 Å². The predicted octanol–water partition coefficient (Wildman–Crippen LogP) is 4.90. The van der Waals surface area contributed by atoms with E-state index >= 15 is 0 Å². The van der Waals surface area contributed by atoms with Crippen molar-refractivity contribution in [3.8, 4) is 11.5 Å². The Hall–Kier alpha value is -4.79. The number of carbonyl (C=O) groups excluding carboxylic acids is 3. The average molecular weight is 718 g/mol. The highest BCUT2D eigenvalue weighted by atomic mass is 32.2. The molecule has 3 N–H and O–H groups in total. The molecule has 3 atom stereocenters. The minimum atomic E-state index is -4.71. The van der Waals surface area contributed by atoms with Crippen molar-refractivity contribution in [1.82, 2.24) is 19.1 Å². The Morgan fingerprint density at radius 2 is 1.75 bits per heavy atom. The predicted molar refractivity (Wildman–Crippen MR) is 186 cm³/mol. The fourth-order valence-electron chi connectivity index (χ4n) is 7.39. The fourth-order valence-corrected chi connectivity index (χ4v) is 8.93. The highest BCUT2D eigenvalue weighted by molar-refractivity contribution is 7.89. The SMILES string of the molecule is NCC1CCCC(CN2C(=O)C(Cc3c[nH]c4ccccc34)N(S(=O)(=O)c3ccc(Oc4ccc(F)cc4)c(C(=O)N4CCOCC4)c3)C2=O)C1. The van der Waals surface area contributed by atoms with Gasteiger partial charge in [-0.1, -0.05) is 24.6 Å². The van der Waals surface area contributed by atoms with Gasteiger partial charge in [-0.15, -0.1) is 0 Å². The first-order valence-electron chi connectivity index (χ1n) is 17.2. The van der Waals surface area contributed by atoms with E-state index in [4.69, 9.17) is 15.2 Å². The number of nitrogens with two attached hydrogens (primary N) is 1. The number of nitrogens with zero attached hydrogens (tertiary/aromatic N) is 3. The summed E-state index contributed by atoms with van der Waals surface area (Å²) in [4.78, 5) is 47.7. The van der Waals surface area contributed by atoms with Gasteiger partial charge in [0.25, 0.3) is 21.8 Å². The highest BCUT2D eigenvalue weighted by Gasteiger charge is 2.52. The van der Waals surface area contributed by atoms with Crippen molar-refractivity contribution < 1.29 is 36.7 Å². The van der Waals surface area contributed by atoms with Crippen LogP contribution in [0.15, 0.2) is 77.8 Å². The van der Waals surface area contributed by atoms with E-state index < -0.39 is 39.7 Å². The van der Waals surface area contributed by atoms with Crippen LogP contribution in [-0.2, 0) is 26.0 Å². The number of fused-ring (bicyclic) bond motifs is 1. The molecule has 51 heavy (non-hydrogen) atoms. The van der Waals surface area contributed by atoms with Gasteiger partial charge in [-0.2, -0.15) is 0 Å². The summed E-state index contributed by atoms with van der Waals surface area (Å²) in [6, 6.07) is 14.1. The van der Waals surface area contributed by atoms with E-state index in [1.54, 1.807) is 6.20 Å². The number of sulfonamides is 1. The zero-order valence-electron chi connectivity index (χ0n) is 28.0. The zero-order valence-corrected chi connectivity index (χ0v) is 28.8. The number of imide groups is 1. The summed E-state index contributed by atoms with van der Waals surface area (Å²) in [7, 11) is -4.71. The van der Waals surface area contributed by atoms with Gasteiger partial charge in [0.2, 0.25) is 0 Å². The number of aromatic amines is 1. The van der Waals surface area contributed by atoms with Crippen molar-refractivity contribution in [2.75, 3.05) is 39.4 Å². The van der Waals surface area contributed by atoms with Crippen LogP contribution in [0.4, 0.5) is 9.18 Å². The van der Waals surface area contributed by atoms with Gasteiger partial charge in [-0.05, 0) is 91.7 Å². The number of carbonyl (C=O) groups is 3. The molecule has 0 radical (unpaired) electrons. The van der Waals surface area contributed by atoms with Crippen LogP contribution in [0.25, 0.3) is 10.9 Å². The molecule has 12 nitrogen and oxygen atoms in total. The van der Waals surface area contributed by atoms with E-state index in [1.807, 2.05) is 24.3 Å². The van der Waals surface area contributed by atoms with Gasteiger partial charge in [0.05, 0.1) is 23.7 Å². The number of aromatic nitrogens is 1. The summed E-state index contributed by atoms with van der Waals surface area (Å²) in [5, 5.41) is 0.812. The van der Waals surface area contributed by atoms with Gasteiger partial charge in [0.15, 0.2) is 0 Å². The van der Waals surface area contributed by atoms with Gasteiger partial charge in [-0.3, -0.25) is 14.5 Å². The molecular formula is C37H40FN5O7S. The molecule has 1 aromatic heterocycles. The van der Waals surface area contributed by atoms with E-state index in [0.717, 1.165) is 41.5 Å². The topological polar surface area (TPSA) is 155 Å². The third-order valence-electron chi connectivity index (χ3n) is 10.1. The lowest BCUT2D eigenvalue weighted by atomic mass is 9.81. The number of H-pyrrole nitrogens is 1. The summed E-state index contributed by atoms with van der Waals surface area (Å²) in [6.45, 7) is 1.77. The number of morpholine rings is 1. The fraction of sp³-hybridized carbons (Fsp3) is 0.378. The normalized spacial score (nSPS) is 21.5. The van der Waals surface area contributed by atoms with Crippen LogP contribution in [0.2, 0.25) is 0 Å². The molecule has 0 bridgehead atoms. The highest BCUT2D eigenvalue weighted by Crippen LogP contribution is 2.36. The van der Waals surface area contributed by atoms with Gasteiger partial charge in [-0.25, -0.2) is 21.9 Å². The summed E-state index contributed by atoms with van der Waals surface area (Å²) >= 11 is 0. The largest absolute Gasteiger partial charge is 0.457 e. The quantitative estimate of drug-likeness (QED) is 0.220. The van der Waals surface area contributed by atoms with Gasteiger partial charge < -0.3 is 25.1 Å². The van der Waals surface area contributed by atoms with Crippen LogP contribution in [-0.4, -0.2) is 90.8 Å². The summed E-state index contributed by atoms with van der Waals surface area (Å²) in [6.07, 6.45) is 5.11. The number of amides is 4. The Bertz CT molecular complexity index is 2050. The van der Waals surface area contributed by atoms with E-state index in [9.17, 15) is 27.2 Å². The molecule has 2 aliphatic heterocycles. The standard InChI is InChI=1S/C37H40FN5O7S/c38-27-8-10-28(11-9-27)50-34-13-12-29(20-31(34)35(44)41-14-16-49-17-15-41)51(47,48)43-33(19-26-22-40-32-7-2-1-6-30(26)32)36(45)42(37(43)46)23-25-5-3-4-24(18-25)21-39/h1-2,6-13,20,22,24-25,33,40H,3-5,14-19,21,23,39H2. The number of rotatable bonds is 10. The number of benzene rings is 3. The lowest BCUT2D eigenvalue weighted by Crippen LogP contribution is -2.42. The van der Waals surface area contributed by atoms with Crippen LogP contribution >= 0.6 is 0 Å². The average Bonchev–Trinajstić information content (AvgIpc) is 3.66. The van der Waals surface area contributed by atoms with Crippen LogP contribution in [0.1, 0.15) is 41.6 Å². The van der Waals surface area contributed by atoms with Crippen LogP contribution < -0.4 is 10.5 Å². The van der Waals surface area contributed by atoms with Crippen LogP contribution in [0, 0.1) is 17.7 Å². The third-order valence-corrected chi connectivity index (χ3v) is 11.9. The van der Waals surface area contributed by atoms with E-state index in [2.05, 4.69) is 4.98 Å². The minimum absolute atomic E-state index is 0.00256. The molecular weight excluding hydrogens is 678 g/mol. The molecule has 3 fully saturated rings. The number of nitrogens with one attached hydrogen (secondary N) is 1. The molecule has 4 aromatic rings. The van der Waals surface area contributed by atoms with Crippen molar-refractivity contribution in [2.24, 2.45) is 17.6 Å². The second kappa shape index (κ2) is 14.4. The Kier molecular flexibility index (Phi) is 9.81. The Balaban J connectivity index is 1.27. The second-order valence-corrected chi connectivity index (χ2v) is 15.2. The van der Waals surface area contributed by atoms with E-state index in [0.29, 0.717) is 29.6 Å². The molecule has 0 spiro atoms. The number of ether oxygens (including phenoxy) is 2. The molecule has 4 amide bonds. The molecule has 1 saturated carbocycles. The monoisotopic (exact) mass is 717 g/mol. The molecule has 3 heterocycles. The first-order chi connectivity index (χ1) is 24.6. The lowest BCUT2D eigenvalue weighted by Gasteiger charge is -2.30. The summed E-state index contributed by atoms with van der Waals surface area (Å²) in [5.74, 6) is -1.02.